The van der Waals surface area contributed by atoms with Gasteiger partial charge < -0.3 is 0 Å². The van der Waals surface area contributed by atoms with Crippen LogP contribution in [0.15, 0.2) is 146 Å². The van der Waals surface area contributed by atoms with Crippen LogP contribution in [0, 0.1) is 33.6 Å². The van der Waals surface area contributed by atoms with E-state index >= 15 is 0 Å². The first kappa shape index (κ1) is 65.3. The molecule has 0 spiro atoms. The van der Waals surface area contributed by atoms with E-state index in [0.717, 1.165) is 12.8 Å². The lowest BCUT2D eigenvalue weighted by Crippen LogP contribution is -2.31. The van der Waals surface area contributed by atoms with Gasteiger partial charge in [-0.2, -0.15) is 0 Å². The monoisotopic (exact) mass is 1090 g/mol. The van der Waals surface area contributed by atoms with Crippen LogP contribution < -0.4 is 18.3 Å². The fourth-order valence-electron chi connectivity index (χ4n) is 10.7. The Bertz CT molecular complexity index is 3270. The van der Waals surface area contributed by atoms with Gasteiger partial charge in [0.05, 0.1) is 0 Å². The molecular weight excluding hydrogens is 981 g/mol. The normalized spacial score (nSPS) is 11.7. The van der Waals surface area contributed by atoms with Crippen LogP contribution in [0.5, 0.6) is 0 Å². The molecule has 81 heavy (non-hydrogen) atoms. The first-order chi connectivity index (χ1) is 38.2. The molecule has 8 rings (SSSR count). The van der Waals surface area contributed by atoms with Gasteiger partial charge in [0.1, 0.15) is 28.2 Å². The maximum atomic E-state index is 2.35. The zero-order valence-corrected chi connectivity index (χ0v) is 54.8. The third-order valence-corrected chi connectivity index (χ3v) is 16.4. The summed E-state index contributed by atoms with van der Waals surface area (Å²) < 4.78 is 8.98. The Hall–Kier alpha value is -6.52. The Kier molecular flexibility index (Phi) is 24.2. The average Bonchev–Trinajstić information content (AvgIpc) is 3.42. The molecule has 0 bridgehead atoms. The summed E-state index contributed by atoms with van der Waals surface area (Å²) in [5, 5.41) is 0. The van der Waals surface area contributed by atoms with Crippen LogP contribution in [0.2, 0.25) is 0 Å². The summed E-state index contributed by atoms with van der Waals surface area (Å²) >= 11 is 0. The molecule has 4 aromatic heterocycles. The van der Waals surface area contributed by atoms with Gasteiger partial charge in [-0.3, -0.25) is 0 Å². The van der Waals surface area contributed by atoms with Crippen molar-refractivity contribution in [2.45, 2.75) is 186 Å². The van der Waals surface area contributed by atoms with Crippen molar-refractivity contribution in [1.82, 2.24) is 0 Å². The Balaban J connectivity index is 0.000000198. The van der Waals surface area contributed by atoms with E-state index in [4.69, 9.17) is 0 Å². The summed E-state index contributed by atoms with van der Waals surface area (Å²) in [6.07, 6.45) is 12.4. The quantitative estimate of drug-likeness (QED) is 0.0965. The van der Waals surface area contributed by atoms with E-state index in [2.05, 4.69) is 324 Å². The number of pyridine rings is 4. The number of benzene rings is 4. The highest BCUT2D eigenvalue weighted by Crippen LogP contribution is 2.30. The highest BCUT2D eigenvalue weighted by atomic mass is 14.9. The lowest BCUT2D eigenvalue weighted by molar-refractivity contribution is -0.661. The fourth-order valence-corrected chi connectivity index (χ4v) is 10.7. The molecule has 0 aliphatic heterocycles. The van der Waals surface area contributed by atoms with Gasteiger partial charge in [0.25, 0.3) is 0 Å². The van der Waals surface area contributed by atoms with Crippen molar-refractivity contribution < 1.29 is 18.3 Å². The van der Waals surface area contributed by atoms with Crippen LogP contribution in [-0.4, -0.2) is 0 Å². The molecule has 4 heteroatoms. The second kappa shape index (κ2) is 30.0. The molecule has 0 N–H and O–H groups in total. The zero-order chi connectivity index (χ0) is 60.0. The van der Waals surface area contributed by atoms with Gasteiger partial charge in [-0.25, -0.2) is 18.3 Å². The molecule has 0 radical (unpaired) electrons. The number of hydrogen-bond donors (Lipinski definition) is 0. The summed E-state index contributed by atoms with van der Waals surface area (Å²) in [5.41, 5.74) is 27.1. The maximum Gasteiger partial charge on any atom is 0.212 e. The number of hydrogen-bond acceptors (Lipinski definition) is 0. The van der Waals surface area contributed by atoms with Gasteiger partial charge in [-0.05, 0) is 181 Å². The molecular formula is C77H106N4+4. The van der Waals surface area contributed by atoms with Crippen molar-refractivity contribution in [2.75, 3.05) is 0 Å². The van der Waals surface area contributed by atoms with Gasteiger partial charge in [0, 0.05) is 68.8 Å². The van der Waals surface area contributed by atoms with Crippen molar-refractivity contribution in [3.05, 3.63) is 213 Å². The summed E-state index contributed by atoms with van der Waals surface area (Å²) in [6.45, 7) is 42.5. The van der Waals surface area contributed by atoms with E-state index in [1.54, 1.807) is 0 Å². The minimum Gasteiger partial charge on any atom is -0.201 e. The first-order valence-electron chi connectivity index (χ1n) is 30.6. The van der Waals surface area contributed by atoms with E-state index < -0.39 is 0 Å². The van der Waals surface area contributed by atoms with E-state index in [9.17, 15) is 0 Å². The number of nitrogens with zero attached hydrogens (tertiary/aromatic N) is 4. The first-order valence-corrected chi connectivity index (χ1v) is 30.6. The van der Waals surface area contributed by atoms with E-state index in [0.29, 0.717) is 41.4 Å². The van der Waals surface area contributed by atoms with Crippen LogP contribution in [0.4, 0.5) is 0 Å². The van der Waals surface area contributed by atoms with Crippen molar-refractivity contribution in [2.24, 2.45) is 34.1 Å². The Morgan fingerprint density at radius 3 is 0.852 bits per heavy atom. The van der Waals surface area contributed by atoms with Crippen LogP contribution in [0.25, 0.3) is 45.0 Å². The van der Waals surface area contributed by atoms with Gasteiger partial charge in [0.15, 0.2) is 24.8 Å². The van der Waals surface area contributed by atoms with Gasteiger partial charge in [0.2, 0.25) is 22.8 Å². The molecule has 0 saturated heterocycles. The SMILES string of the molecule is CCC(C)c1ccc(-c2ccc(C(C)C)c[n+]2C)c(C)c1.CCc1ccc(-c2ccc(C(C)C)c[n+]2C)c(C)c1.Cc1cc(C(C)C)ccc1-c1ccc(C(C)C)c[n+]1C.Cc1cc(CC(C)C)ccc1-c1ccc(C(C)C)c[n+]1C. The van der Waals surface area contributed by atoms with Gasteiger partial charge >= 0.3 is 0 Å². The molecule has 4 heterocycles. The standard InChI is InChI=1S/2C20H28N.C19H26N.C18H24N/c1-14(2)11-17-7-9-19(16(5)12-17)20-10-8-18(15(3)4)13-21(20)6;1-7-15(4)17-8-10-19(16(5)12-17)20-11-9-18(14(2)3)13-21(20)6;1-13(2)16-7-9-18(15(5)11-16)19-10-8-17(14(3)4)12-20(19)6;1-6-15-7-9-17(14(4)11-15)18-10-8-16(13(2)3)12-19(18)5/h7-10,12-15H,11H2,1-6H3;8-15H,7H2,1-6H3;7-14H,1-6H3;7-13H,6H2,1-5H3/q4*+1. The fraction of sp³-hybridized carbons (Fsp3) is 0.429. The van der Waals surface area contributed by atoms with Crippen LogP contribution >= 0.6 is 0 Å². The highest BCUT2D eigenvalue weighted by molar-refractivity contribution is 5.64. The van der Waals surface area contributed by atoms with Crippen molar-refractivity contribution in [3.63, 3.8) is 0 Å². The van der Waals surface area contributed by atoms with Crippen LogP contribution in [0.3, 0.4) is 0 Å². The molecule has 1 atom stereocenters. The lowest BCUT2D eigenvalue weighted by atomic mass is 9.93. The Morgan fingerprint density at radius 2 is 0.580 bits per heavy atom. The second-order valence-electron chi connectivity index (χ2n) is 25.3. The summed E-state index contributed by atoms with van der Waals surface area (Å²) in [5.74, 6) is 4.20. The molecule has 0 aliphatic rings. The minimum absolute atomic E-state index is 0.569. The molecule has 0 saturated carbocycles. The summed E-state index contributed by atoms with van der Waals surface area (Å²) in [7, 11) is 8.55. The Morgan fingerprint density at radius 1 is 0.309 bits per heavy atom. The van der Waals surface area contributed by atoms with Gasteiger partial charge in [-0.15, -0.1) is 0 Å². The third-order valence-electron chi connectivity index (χ3n) is 16.4. The lowest BCUT2D eigenvalue weighted by Gasteiger charge is -2.12. The molecule has 8 aromatic rings. The topological polar surface area (TPSA) is 15.5 Å². The highest BCUT2D eigenvalue weighted by Gasteiger charge is 2.19. The Labute approximate surface area is 494 Å². The van der Waals surface area contributed by atoms with Crippen LogP contribution in [0.1, 0.15) is 213 Å². The molecule has 0 aliphatic carbocycles. The second-order valence-corrected chi connectivity index (χ2v) is 25.3. The molecule has 430 valence electrons. The largest absolute Gasteiger partial charge is 0.212 e. The van der Waals surface area contributed by atoms with Crippen molar-refractivity contribution >= 4 is 0 Å². The molecule has 1 unspecified atom stereocenters. The molecule has 0 amide bonds. The molecule has 4 nitrogen and oxygen atoms in total. The van der Waals surface area contributed by atoms with E-state index in [-0.39, 0.29) is 0 Å². The van der Waals surface area contributed by atoms with E-state index in [1.165, 1.54) is 118 Å². The number of aryl methyl sites for hydroxylation is 9. The smallest absolute Gasteiger partial charge is 0.201 e. The molecule has 4 aromatic carbocycles. The predicted molar refractivity (Wildman–Crippen MR) is 348 cm³/mol. The number of rotatable bonds is 14. The summed E-state index contributed by atoms with van der Waals surface area (Å²) in [6, 6.07) is 45.4. The van der Waals surface area contributed by atoms with Crippen molar-refractivity contribution in [1.29, 1.82) is 0 Å². The maximum absolute atomic E-state index is 2.35. The van der Waals surface area contributed by atoms with Gasteiger partial charge in [-0.1, -0.05) is 152 Å². The predicted octanol–water partition coefficient (Wildman–Crippen LogP) is 18.8. The zero-order valence-electron chi connectivity index (χ0n) is 54.8. The average molecular weight is 1090 g/mol. The molecule has 0 fully saturated rings. The van der Waals surface area contributed by atoms with Crippen LogP contribution in [-0.2, 0) is 41.0 Å². The number of aromatic nitrogens is 4. The van der Waals surface area contributed by atoms with Crippen molar-refractivity contribution in [3.8, 4) is 45.0 Å². The summed E-state index contributed by atoms with van der Waals surface area (Å²) in [4.78, 5) is 0. The van der Waals surface area contributed by atoms with E-state index in [1.807, 2.05) is 0 Å². The third kappa shape index (κ3) is 17.7. The minimum atomic E-state index is 0.569.